The number of rotatable bonds is 7. The maximum Gasteiger partial charge on any atom is 1.00 e. The Balaban J connectivity index is 0.00000342. The van der Waals surface area contributed by atoms with Crippen molar-refractivity contribution in [3.8, 4) is 0 Å². The van der Waals surface area contributed by atoms with E-state index in [1.807, 2.05) is 0 Å². The van der Waals surface area contributed by atoms with Crippen molar-refractivity contribution in [1.29, 1.82) is 2.86 Å². The van der Waals surface area contributed by atoms with Gasteiger partial charge in [0, 0.05) is 0 Å². The van der Waals surface area contributed by atoms with Crippen molar-refractivity contribution in [2.75, 3.05) is 12.3 Å². The number of nitrogens with zero attached hydrogens (tertiary/aromatic N) is 4. The van der Waals surface area contributed by atoms with Crippen molar-refractivity contribution in [3.05, 3.63) is 12.6 Å². The minimum absolute atomic E-state index is 0. The molecule has 2 aromatic heterocycles. The van der Waals surface area contributed by atoms with Gasteiger partial charge in [-0.2, -0.15) is 0 Å². The van der Waals surface area contributed by atoms with Crippen LogP contribution in [-0.2, 0) is 13.8 Å². The van der Waals surface area contributed by atoms with E-state index in [-0.39, 0.29) is 48.0 Å². The van der Waals surface area contributed by atoms with Crippen molar-refractivity contribution in [2.24, 2.45) is 0 Å². The van der Waals surface area contributed by atoms with Gasteiger partial charge < -0.3 is 39.5 Å². The summed E-state index contributed by atoms with van der Waals surface area (Å²) in [5, 5.41) is 8.03. The second-order valence-corrected chi connectivity index (χ2v) is 4.98. The van der Waals surface area contributed by atoms with E-state index >= 15 is 0 Å². The normalized spacial score (nSPS) is 45.2. The number of hydrogen-bond donors (Lipinski definition) is 3. The molecule has 0 amide bonds. The summed E-state index contributed by atoms with van der Waals surface area (Å²) in [5.41, 5.74) is -1.66. The first-order chi connectivity index (χ1) is 15.7. The Labute approximate surface area is 182 Å². The van der Waals surface area contributed by atoms with Crippen LogP contribution in [-0.4, -0.2) is 57.4 Å². The van der Waals surface area contributed by atoms with Gasteiger partial charge >= 0.3 is 37.7 Å². The van der Waals surface area contributed by atoms with Gasteiger partial charge in [-0.3, -0.25) is 4.57 Å². The number of phosphoric acid groups is 1. The summed E-state index contributed by atoms with van der Waals surface area (Å²) in [5.74, 6) is -0.737. The third-order valence-corrected chi connectivity index (χ3v) is 2.78. The Hall–Kier alpha value is -0.465. The number of phosphoric ester groups is 1. The van der Waals surface area contributed by atoms with Crippen LogP contribution in [0.4, 0.5) is 5.82 Å². The van der Waals surface area contributed by atoms with E-state index in [1.54, 1.807) is 0 Å². The van der Waals surface area contributed by atoms with Crippen LogP contribution in [0.3, 0.4) is 0 Å². The molecule has 2 aromatic rings. The van der Waals surface area contributed by atoms with Crippen LogP contribution in [0.1, 0.15) is 17.2 Å². The largest absolute Gasteiger partial charge is 1.00 e. The molecule has 0 aromatic carbocycles. The molecule has 1 aliphatic heterocycles. The van der Waals surface area contributed by atoms with Gasteiger partial charge in [-0.05, 0) is 0 Å². The Morgan fingerprint density at radius 2 is 2.28 bits per heavy atom. The number of fused-ring (bicyclic) bond motifs is 1. The second kappa shape index (κ2) is 8.48. The number of nitrogen functional groups attached to an aromatic ring is 1. The Morgan fingerprint density at radius 1 is 1.52 bits per heavy atom. The van der Waals surface area contributed by atoms with E-state index in [0.717, 1.165) is 0 Å². The number of aromatic nitrogens is 4. The predicted octanol–water partition coefficient (Wildman–Crippen LogP) is -9.12. The van der Waals surface area contributed by atoms with Gasteiger partial charge in [-0.25, -0.2) is 15.0 Å². The summed E-state index contributed by atoms with van der Waals surface area (Å²) < 4.78 is 114. The predicted molar refractivity (Wildman–Crippen MR) is 69.2 cm³/mol. The van der Waals surface area contributed by atoms with E-state index in [0.29, 0.717) is 0 Å². The molecule has 0 bridgehead atoms. The number of ether oxygens (including phenoxy) is 1. The second-order valence-electron chi connectivity index (χ2n) is 3.90. The molecule has 0 saturated carbocycles. The van der Waals surface area contributed by atoms with Crippen molar-refractivity contribution in [3.63, 3.8) is 0 Å². The number of aliphatic hydroxyl groups is 2. The third kappa shape index (κ3) is 4.63. The molecule has 1 fully saturated rings. The molecule has 1 saturated heterocycles. The van der Waals surface area contributed by atoms with E-state index < -0.39 is 68.4 Å². The average molecular weight is 371 g/mol. The topological polar surface area (TPSA) is 192 Å². The van der Waals surface area contributed by atoms with E-state index in [9.17, 15) is 14.4 Å². The maximum absolute atomic E-state index is 11.1. The van der Waals surface area contributed by atoms with E-state index in [1.165, 1.54) is 0 Å². The van der Waals surface area contributed by atoms with Crippen molar-refractivity contribution < 1.29 is 85.3 Å². The first-order valence-electron chi connectivity index (χ1n) is 11.2. The van der Waals surface area contributed by atoms with Crippen molar-refractivity contribution >= 4 is 24.8 Å². The van der Waals surface area contributed by atoms with Crippen LogP contribution in [0, 0.1) is 0 Å². The molecule has 3 rings (SSSR count). The van der Waals surface area contributed by atoms with Gasteiger partial charge in [-0.1, -0.05) is 0 Å². The molecule has 0 spiro atoms. The molecule has 25 heavy (non-hydrogen) atoms. The monoisotopic (exact) mass is 371 g/mol. The fourth-order valence-corrected chi connectivity index (χ4v) is 1.77. The van der Waals surface area contributed by atoms with Crippen LogP contribution in [0.5, 0.6) is 0 Å². The zero-order chi connectivity index (χ0) is 27.0. The van der Waals surface area contributed by atoms with Crippen molar-refractivity contribution in [1.82, 2.24) is 19.5 Å². The molecule has 4 N–H and O–H groups in total. The zero-order valence-electron chi connectivity index (χ0n) is 24.5. The number of hydrogen-bond acceptors (Lipinski definition) is 11. The van der Waals surface area contributed by atoms with Crippen LogP contribution < -0.4 is 53.2 Å². The van der Waals surface area contributed by atoms with E-state index in [4.69, 9.17) is 21.4 Å². The first kappa shape index (κ1) is 10.2. The minimum Gasteiger partial charge on any atom is -0.790 e. The van der Waals surface area contributed by atoms with Gasteiger partial charge in [-0.15, -0.1) is 0 Å². The molecule has 4 atom stereocenters. The SMILES string of the molecule is [2H]OC1([2H])[C@]([2H])(n2c([2H])nc3c(N([2H])[2H])nc([2H])nc32)O[C@]([2H])(C([2H])([2H])OP(=O)([O-])[O-])[C@@]1([2H])O[2H].[Li+].[Li+]. The van der Waals surface area contributed by atoms with Crippen molar-refractivity contribution in [2.45, 2.75) is 24.4 Å². The van der Waals surface area contributed by atoms with Crippen LogP contribution in [0.15, 0.2) is 12.6 Å². The molecule has 0 radical (unpaired) electrons. The molecule has 1 unspecified atom stereocenters. The quantitative estimate of drug-likeness (QED) is 0.309. The van der Waals surface area contributed by atoms with Crippen LogP contribution >= 0.6 is 7.82 Å². The van der Waals surface area contributed by atoms with Gasteiger partial charge in [0.05, 0.1) is 28.9 Å². The summed E-state index contributed by atoms with van der Waals surface area (Å²) in [4.78, 5) is 32.7. The van der Waals surface area contributed by atoms with Gasteiger partial charge in [0.2, 0.25) is 2.86 Å². The molecule has 126 valence electrons. The number of imidazole rings is 1. The Morgan fingerprint density at radius 3 is 2.92 bits per heavy atom. The molecule has 0 aliphatic carbocycles. The molecular weight excluding hydrogens is 347 g/mol. The minimum atomic E-state index is -6.31. The summed E-state index contributed by atoms with van der Waals surface area (Å²) in [7, 11) is -6.31. The molecule has 1 aliphatic rings. The number of nitrogens with two attached hydrogens (primary N) is 1. The number of anilines is 1. The van der Waals surface area contributed by atoms with E-state index in [2.05, 4.69) is 29.7 Å². The Kier molecular flexibility index (Phi) is 3.45. The third-order valence-electron chi connectivity index (χ3n) is 2.47. The van der Waals surface area contributed by atoms with Gasteiger partial charge in [0.15, 0.2) is 20.5 Å². The standard InChI is InChI=1S/C10H14N5O7P.2Li/c11-8-5-9(13-2-12-8)15(3-14-5)10-7(17)6(16)4(22-10)1-21-23(18,19)20;;/h2-4,6-7,10,16-17H,1H2,(H2,11,12,13)(H2,18,19,20);;/q;2*+1/p-2/t4-,6-,7?,10-;;/m1../s1/i1D2,2D,3D,4D,6D,7D,10D,16D,17D;;/hD2. The fraction of sp³-hybridized carbons (Fsp3) is 0.500. The molecular formula is C10H12Li2N5O7P. The van der Waals surface area contributed by atoms with Gasteiger partial charge in [0.25, 0.3) is 0 Å². The fourth-order valence-electron chi connectivity index (χ4n) is 1.57. The van der Waals surface area contributed by atoms with Crippen LogP contribution in [0.2, 0.25) is 2.82 Å². The molecule has 12 nitrogen and oxygen atoms in total. The summed E-state index contributed by atoms with van der Waals surface area (Å²) in [6, 6.07) is 0. The van der Waals surface area contributed by atoms with Gasteiger partial charge in [0.1, 0.15) is 32.8 Å². The summed E-state index contributed by atoms with van der Waals surface area (Å²) in [6.07, 6.45) is -18.0. The van der Waals surface area contributed by atoms with Crippen LogP contribution in [0.25, 0.3) is 11.2 Å². The summed E-state index contributed by atoms with van der Waals surface area (Å²) >= 11 is 0. The molecule has 15 heteroatoms. The smallest absolute Gasteiger partial charge is 0.790 e. The molecule has 3 heterocycles. The first-order valence-corrected chi connectivity index (χ1v) is 6.95. The zero-order valence-corrected chi connectivity index (χ0v) is 13.4. The average Bonchev–Trinajstić information content (AvgIpc) is 3.11. The summed E-state index contributed by atoms with van der Waals surface area (Å²) in [6.45, 7) is -4.28. The maximum atomic E-state index is 11.1. The Bertz CT molecular complexity index is 1230.